The van der Waals surface area contributed by atoms with Crippen LogP contribution < -0.4 is 0 Å². The highest BCUT2D eigenvalue weighted by atomic mass is 32.2. The van der Waals surface area contributed by atoms with Crippen LogP contribution in [0.3, 0.4) is 0 Å². The molecule has 5 heteroatoms. The molecular formula is C6H13FO3S. The summed E-state index contributed by atoms with van der Waals surface area (Å²) >= 11 is -2.15. The second-order valence-corrected chi connectivity index (χ2v) is 2.81. The van der Waals surface area contributed by atoms with E-state index in [4.69, 9.17) is 4.55 Å². The molecule has 0 saturated heterocycles. The first kappa shape index (κ1) is 11.0. The van der Waals surface area contributed by atoms with Gasteiger partial charge in [-0.2, -0.15) is 4.21 Å². The van der Waals surface area contributed by atoms with Crippen LogP contribution in [-0.4, -0.2) is 22.0 Å². The zero-order valence-corrected chi connectivity index (χ0v) is 7.11. The van der Waals surface area contributed by atoms with E-state index < -0.39 is 11.4 Å². The van der Waals surface area contributed by atoms with Crippen LogP contribution in [0.5, 0.6) is 0 Å². The standard InChI is InChI=1S/C6H13FO3S/c7-5-3-1-2-4-6-10-11(8)9/h1-6H2,(H,8,9). The van der Waals surface area contributed by atoms with Gasteiger partial charge in [0.1, 0.15) is 0 Å². The van der Waals surface area contributed by atoms with Gasteiger partial charge < -0.3 is 0 Å². The Kier molecular flexibility index (Phi) is 8.10. The lowest BCUT2D eigenvalue weighted by Gasteiger charge is -1.97. The maximum atomic E-state index is 11.5. The summed E-state index contributed by atoms with van der Waals surface area (Å²) in [4.78, 5) is 0. The van der Waals surface area contributed by atoms with E-state index in [1.54, 1.807) is 0 Å². The molecule has 0 aliphatic carbocycles. The lowest BCUT2D eigenvalue weighted by Crippen LogP contribution is -1.97. The Morgan fingerprint density at radius 1 is 1.27 bits per heavy atom. The van der Waals surface area contributed by atoms with E-state index in [9.17, 15) is 8.60 Å². The van der Waals surface area contributed by atoms with Gasteiger partial charge >= 0.3 is 11.4 Å². The van der Waals surface area contributed by atoms with Crippen molar-refractivity contribution >= 4 is 11.4 Å². The molecule has 0 aromatic heterocycles. The number of unbranched alkanes of at least 4 members (excludes halogenated alkanes) is 3. The van der Waals surface area contributed by atoms with Gasteiger partial charge in [0.25, 0.3) is 0 Å². The third-order valence-corrected chi connectivity index (χ3v) is 1.58. The molecule has 0 fully saturated rings. The third-order valence-electron chi connectivity index (χ3n) is 1.21. The molecule has 0 aliphatic heterocycles. The molecule has 0 aliphatic rings. The van der Waals surface area contributed by atoms with E-state index in [2.05, 4.69) is 4.18 Å². The summed E-state index contributed by atoms with van der Waals surface area (Å²) in [6.45, 7) is -0.0117. The molecule has 3 nitrogen and oxygen atoms in total. The van der Waals surface area contributed by atoms with Crippen molar-refractivity contribution in [1.29, 1.82) is 0 Å². The normalized spacial score (nSPS) is 13.3. The first-order chi connectivity index (χ1) is 5.27. The monoisotopic (exact) mass is 184 g/mol. The Bertz CT molecular complexity index is 110. The average molecular weight is 184 g/mol. The zero-order valence-electron chi connectivity index (χ0n) is 6.29. The van der Waals surface area contributed by atoms with Gasteiger partial charge in [0, 0.05) is 0 Å². The van der Waals surface area contributed by atoms with E-state index >= 15 is 0 Å². The minimum Gasteiger partial charge on any atom is -0.284 e. The first-order valence-electron chi connectivity index (χ1n) is 3.57. The van der Waals surface area contributed by atoms with Crippen LogP contribution in [0.1, 0.15) is 25.7 Å². The average Bonchev–Trinajstić information content (AvgIpc) is 1.96. The van der Waals surface area contributed by atoms with Gasteiger partial charge in [0.2, 0.25) is 0 Å². The summed E-state index contributed by atoms with van der Waals surface area (Å²) in [6.07, 6.45) is 2.95. The highest BCUT2D eigenvalue weighted by Gasteiger charge is 1.93. The quantitative estimate of drug-likeness (QED) is 0.483. The van der Waals surface area contributed by atoms with Crippen LogP contribution in [-0.2, 0) is 15.5 Å². The van der Waals surface area contributed by atoms with Crippen molar-refractivity contribution in [1.82, 2.24) is 0 Å². The Morgan fingerprint density at radius 2 is 1.91 bits per heavy atom. The maximum Gasteiger partial charge on any atom is 0.301 e. The molecule has 68 valence electrons. The molecule has 1 atom stereocenters. The fraction of sp³-hybridized carbons (Fsp3) is 1.00. The second kappa shape index (κ2) is 8.10. The second-order valence-electron chi connectivity index (χ2n) is 2.14. The third kappa shape index (κ3) is 10.0. The van der Waals surface area contributed by atoms with Crippen molar-refractivity contribution < 1.29 is 17.3 Å². The van der Waals surface area contributed by atoms with Crippen LogP contribution in [0.25, 0.3) is 0 Å². The molecule has 0 aromatic carbocycles. The molecule has 11 heavy (non-hydrogen) atoms. The summed E-state index contributed by atoms with van der Waals surface area (Å²) in [5.74, 6) is 0. The van der Waals surface area contributed by atoms with E-state index in [1.807, 2.05) is 0 Å². The Hall–Kier alpha value is -0.0000000000000000555. The Balaban J connectivity index is 2.85. The number of hydrogen-bond donors (Lipinski definition) is 1. The molecule has 0 radical (unpaired) electrons. The smallest absolute Gasteiger partial charge is 0.284 e. The van der Waals surface area contributed by atoms with Crippen LogP contribution in [0.2, 0.25) is 0 Å². The lowest BCUT2D eigenvalue weighted by molar-refractivity contribution is 0.295. The molecule has 0 bridgehead atoms. The summed E-state index contributed by atoms with van der Waals surface area (Å²) < 4.78 is 33.9. The topological polar surface area (TPSA) is 46.5 Å². The Labute approximate surface area is 68.4 Å². The van der Waals surface area contributed by atoms with Crippen molar-refractivity contribution in [2.24, 2.45) is 0 Å². The molecule has 0 amide bonds. The SMILES string of the molecule is O=S(O)OCCCCCCF. The number of rotatable bonds is 7. The maximum absolute atomic E-state index is 11.5. The van der Waals surface area contributed by atoms with E-state index in [0.717, 1.165) is 12.8 Å². The predicted molar refractivity (Wildman–Crippen MR) is 41.2 cm³/mol. The molecular weight excluding hydrogens is 171 g/mol. The molecule has 0 saturated carbocycles. The summed E-state index contributed by atoms with van der Waals surface area (Å²) in [5, 5.41) is 0. The van der Waals surface area contributed by atoms with Crippen LogP contribution in [0.15, 0.2) is 0 Å². The van der Waals surface area contributed by atoms with Gasteiger partial charge in [-0.15, -0.1) is 0 Å². The lowest BCUT2D eigenvalue weighted by atomic mass is 10.2. The van der Waals surface area contributed by atoms with E-state index in [0.29, 0.717) is 12.8 Å². The minimum absolute atomic E-state index is 0.273. The fourth-order valence-electron chi connectivity index (χ4n) is 0.680. The molecule has 1 unspecified atom stereocenters. The largest absolute Gasteiger partial charge is 0.301 e. The highest BCUT2D eigenvalue weighted by molar-refractivity contribution is 7.74. The van der Waals surface area contributed by atoms with Crippen molar-refractivity contribution in [2.45, 2.75) is 25.7 Å². The minimum atomic E-state index is -2.15. The van der Waals surface area contributed by atoms with Crippen LogP contribution in [0, 0.1) is 0 Å². The molecule has 0 spiro atoms. The Morgan fingerprint density at radius 3 is 2.45 bits per heavy atom. The number of alkyl halides is 1. The zero-order chi connectivity index (χ0) is 8.53. The molecule has 0 rings (SSSR count). The van der Waals surface area contributed by atoms with Crippen molar-refractivity contribution in [3.8, 4) is 0 Å². The van der Waals surface area contributed by atoms with Gasteiger partial charge in [-0.25, -0.2) is 0 Å². The van der Waals surface area contributed by atoms with E-state index in [1.165, 1.54) is 0 Å². The number of hydrogen-bond acceptors (Lipinski definition) is 2. The van der Waals surface area contributed by atoms with Crippen molar-refractivity contribution in [3.63, 3.8) is 0 Å². The fourth-order valence-corrected chi connectivity index (χ4v) is 0.941. The van der Waals surface area contributed by atoms with Crippen molar-refractivity contribution in [2.75, 3.05) is 13.3 Å². The summed E-state index contributed by atoms with van der Waals surface area (Å²) in [7, 11) is 0. The van der Waals surface area contributed by atoms with Crippen molar-refractivity contribution in [3.05, 3.63) is 0 Å². The summed E-state index contributed by atoms with van der Waals surface area (Å²) in [6, 6.07) is 0. The van der Waals surface area contributed by atoms with E-state index in [-0.39, 0.29) is 13.3 Å². The van der Waals surface area contributed by atoms with Gasteiger partial charge in [0.05, 0.1) is 13.3 Å². The molecule has 0 heterocycles. The highest BCUT2D eigenvalue weighted by Crippen LogP contribution is 2.00. The van der Waals surface area contributed by atoms with Gasteiger partial charge in [-0.1, -0.05) is 12.8 Å². The summed E-state index contributed by atoms with van der Waals surface area (Å²) in [5.41, 5.74) is 0. The molecule has 0 aromatic rings. The van der Waals surface area contributed by atoms with Gasteiger partial charge in [0.15, 0.2) is 0 Å². The molecule has 1 N–H and O–H groups in total. The number of halogens is 1. The van der Waals surface area contributed by atoms with Gasteiger partial charge in [-0.05, 0) is 12.8 Å². The van der Waals surface area contributed by atoms with Crippen LogP contribution in [0.4, 0.5) is 4.39 Å². The predicted octanol–water partition coefficient (Wildman–Crippen LogP) is 1.67. The van der Waals surface area contributed by atoms with Gasteiger partial charge in [-0.3, -0.25) is 13.1 Å². The van der Waals surface area contributed by atoms with Crippen LogP contribution >= 0.6 is 0 Å². The first-order valence-corrected chi connectivity index (χ1v) is 4.60.